The molecule has 15 nitrogen and oxygen atoms in total. The lowest BCUT2D eigenvalue weighted by molar-refractivity contribution is -0.384. The fraction of sp³-hybridized carbons (Fsp3) is 0.649. The van der Waals surface area contributed by atoms with Crippen LogP contribution in [0.3, 0.4) is 0 Å². The number of hydrogen-bond donors (Lipinski definition) is 0. The number of aldehydes is 4. The van der Waals surface area contributed by atoms with Gasteiger partial charge >= 0.3 is 0 Å². The van der Waals surface area contributed by atoms with Gasteiger partial charge in [-0.25, -0.2) is 10.0 Å². The molecule has 0 N–H and O–H groups in total. The first-order valence-corrected chi connectivity index (χ1v) is 31.4. The van der Waals surface area contributed by atoms with Crippen molar-refractivity contribution in [2.24, 2.45) is 5.41 Å². The average molecular weight is 1160 g/mol. The van der Waals surface area contributed by atoms with E-state index in [0.717, 1.165) is 49.6 Å². The predicted octanol–water partition coefficient (Wildman–Crippen LogP) is 12.1. The summed E-state index contributed by atoms with van der Waals surface area (Å²) in [6.45, 7) is 23.5. The highest BCUT2D eigenvalue weighted by Gasteiger charge is 2.58. The van der Waals surface area contributed by atoms with E-state index in [2.05, 4.69) is 119 Å². The molecule has 2 aromatic carbocycles. The molecule has 3 atom stereocenters. The number of anilines is 1. The van der Waals surface area contributed by atoms with Crippen molar-refractivity contribution in [1.82, 2.24) is 0 Å². The molecule has 0 saturated heterocycles. The number of carbonyl (C=O) groups is 4. The van der Waals surface area contributed by atoms with Crippen LogP contribution in [-0.2, 0) is 52.5 Å². The summed E-state index contributed by atoms with van der Waals surface area (Å²) in [4.78, 5) is 51.5. The summed E-state index contributed by atoms with van der Waals surface area (Å²) in [5.41, 5.74) is 1.57. The number of ether oxygens (including phenoxy) is 6. The summed E-state index contributed by atoms with van der Waals surface area (Å²) in [5, 5.41) is 11.1. The Labute approximate surface area is 463 Å². The Morgan fingerprint density at radius 3 is 1.93 bits per heavy atom. The first-order valence-electron chi connectivity index (χ1n) is 25.4. The van der Waals surface area contributed by atoms with Crippen LogP contribution in [0.5, 0.6) is 5.75 Å². The fourth-order valence-electron chi connectivity index (χ4n) is 8.15. The molecule has 2 aliphatic heterocycles. The topological polar surface area (TPSA) is 179 Å². The molecule has 1 spiro atoms. The highest BCUT2D eigenvalue weighted by atomic mass is 79.9. The van der Waals surface area contributed by atoms with Gasteiger partial charge in [0.05, 0.1) is 53.6 Å². The van der Waals surface area contributed by atoms with Gasteiger partial charge in [-0.05, 0) is 129 Å². The van der Waals surface area contributed by atoms with Gasteiger partial charge in [-0.2, -0.15) is 0 Å². The maximum absolute atomic E-state index is 11.1. The number of nitro groups is 1. The molecule has 2 heterocycles. The van der Waals surface area contributed by atoms with Gasteiger partial charge in [-0.1, -0.05) is 66.0 Å². The summed E-state index contributed by atoms with van der Waals surface area (Å²) >= 11 is 3.01. The third-order valence-corrected chi connectivity index (χ3v) is 21.0. The van der Waals surface area contributed by atoms with Gasteiger partial charge in [0.2, 0.25) is 5.72 Å². The number of hydrogen-bond acceptors (Lipinski definition) is 14. The van der Waals surface area contributed by atoms with Gasteiger partial charge in [0, 0.05) is 82.6 Å². The number of benzene rings is 2. The van der Waals surface area contributed by atoms with E-state index in [-0.39, 0.29) is 25.6 Å². The Kier molecular flexibility index (Phi) is 33.5. The Morgan fingerprint density at radius 2 is 1.44 bits per heavy atom. The van der Waals surface area contributed by atoms with Crippen molar-refractivity contribution in [2.75, 3.05) is 110 Å². The second-order valence-corrected chi connectivity index (χ2v) is 30.1. The first-order chi connectivity index (χ1) is 35.2. The molecule has 2 aromatic rings. The number of unbranched alkanes of at least 4 members (excludes halogenated alkanes) is 2. The largest absolute Gasteiger partial charge is 0.463 e. The normalized spacial score (nSPS) is 17.1. The lowest BCUT2D eigenvalue weighted by atomic mass is 9.76. The number of non-ortho nitro benzene ring substituents is 1. The van der Waals surface area contributed by atoms with E-state index in [0.29, 0.717) is 63.7 Å². The van der Waals surface area contributed by atoms with Crippen LogP contribution >= 0.6 is 36.3 Å². The van der Waals surface area contributed by atoms with Crippen LogP contribution in [-0.4, -0.2) is 156 Å². The van der Waals surface area contributed by atoms with E-state index in [1.165, 1.54) is 30.9 Å². The Hall–Kier alpha value is -3.46. The van der Waals surface area contributed by atoms with Crippen molar-refractivity contribution < 1.29 is 56.7 Å². The third-order valence-electron chi connectivity index (χ3n) is 13.2. The molecule has 4 rings (SSSR count). The second kappa shape index (κ2) is 35.1. The SMILES string of the molecule is CC(Br)C=O.CC=CC(C)(CCCC)S(C)(C)OC(C)(C)S(C)(C)CCCOCCOC.COCC(C)(C=O)COC.COCCN1c2ccccc2C(C)(C)C12C=Cc1cc([N+](=O)[O-])ccc1O2.O=CCCC=O. The maximum Gasteiger partial charge on any atom is 0.270 e. The molecule has 0 amide bonds. The smallest absolute Gasteiger partial charge is 0.270 e. The quantitative estimate of drug-likeness (QED) is 0.0196. The highest BCUT2D eigenvalue weighted by molar-refractivity contribution is 9.09. The number of alkyl halides is 1. The molecule has 3 unspecified atom stereocenters. The summed E-state index contributed by atoms with van der Waals surface area (Å²) in [6.07, 6.45) is 26.7. The number of fused-ring (bicyclic) bond motifs is 2. The molecule has 0 fully saturated rings. The summed E-state index contributed by atoms with van der Waals surface area (Å²) in [6, 6.07) is 13.0. The van der Waals surface area contributed by atoms with Crippen molar-refractivity contribution >= 4 is 78.9 Å². The molecule has 0 aliphatic carbocycles. The molecule has 2 aliphatic rings. The lowest BCUT2D eigenvalue weighted by Crippen LogP contribution is -2.60. The minimum atomic E-state index is -1.25. The summed E-state index contributed by atoms with van der Waals surface area (Å²) in [5.74, 6) is 1.81. The van der Waals surface area contributed by atoms with Crippen LogP contribution in [0.2, 0.25) is 0 Å². The van der Waals surface area contributed by atoms with Crippen LogP contribution in [0.4, 0.5) is 11.4 Å². The standard InChI is InChI=1S/C22H48O3S2.C21H22N2O4.C7H14O3.C4H6O2.C3H5BrO/c1-11-13-16-22(5,15-12-2)27(9,10)25-21(3,4)26(7,8)20-14-17-24-19-18-23-6;1-20(2)17-6-4-5-7-18(17)22(12-13-26-3)21(20)11-10-15-14-16(23(24)25)8-9-19(15)27-21;1-7(4-8,5-9-2)6-10-3;5-3-1-2-4-6;1-3(4)2-5/h12,15H,11,13-14,16-20H2,1-10H3;4-11,14H,12-13H2,1-3H3;4H,5-6H2,1-3H3;3-4H,1-2H2;2-3H,1H3. The Bertz CT molecular complexity index is 2050. The summed E-state index contributed by atoms with van der Waals surface area (Å²) < 4.78 is 39.4. The summed E-state index contributed by atoms with van der Waals surface area (Å²) in [7, 11) is 4.36. The predicted molar refractivity (Wildman–Crippen MR) is 317 cm³/mol. The molecular weight excluding hydrogens is 1060 g/mol. The van der Waals surface area contributed by atoms with Crippen LogP contribution in [0.15, 0.2) is 60.7 Å². The van der Waals surface area contributed by atoms with E-state index in [9.17, 15) is 29.3 Å². The maximum atomic E-state index is 11.1. The van der Waals surface area contributed by atoms with E-state index < -0.39 is 36.4 Å². The van der Waals surface area contributed by atoms with Gasteiger partial charge in [0.25, 0.3) is 5.69 Å². The van der Waals surface area contributed by atoms with Crippen molar-refractivity contribution in [3.8, 4) is 5.75 Å². The van der Waals surface area contributed by atoms with Crippen LogP contribution in [0.1, 0.15) is 112 Å². The molecule has 18 heteroatoms. The highest BCUT2D eigenvalue weighted by Crippen LogP contribution is 2.66. The number of nitrogens with zero attached hydrogens (tertiary/aromatic N) is 2. The monoisotopic (exact) mass is 1160 g/mol. The Morgan fingerprint density at radius 1 is 0.853 bits per heavy atom. The fourth-order valence-corrected chi connectivity index (χ4v) is 13.0. The van der Waals surface area contributed by atoms with Crippen molar-refractivity contribution in [3.63, 3.8) is 0 Å². The van der Waals surface area contributed by atoms with Gasteiger partial charge in [-0.15, -0.1) is 10.3 Å². The minimum absolute atomic E-state index is 0.0162. The lowest BCUT2D eigenvalue weighted by Gasteiger charge is -2.56. The van der Waals surface area contributed by atoms with Gasteiger partial charge in [-0.3, -0.25) is 10.1 Å². The Balaban J connectivity index is 0.00000106. The first kappa shape index (κ1) is 71.5. The van der Waals surface area contributed by atoms with Crippen LogP contribution in [0.25, 0.3) is 6.08 Å². The molecule has 0 saturated carbocycles. The number of rotatable bonds is 28. The molecular formula is C57H95BrN2O13S2. The van der Waals surface area contributed by atoms with Gasteiger partial charge in [0.1, 0.15) is 35.8 Å². The number of methoxy groups -OCH3 is 4. The van der Waals surface area contributed by atoms with E-state index in [1.807, 2.05) is 24.3 Å². The van der Waals surface area contributed by atoms with Crippen molar-refractivity contribution in [2.45, 2.75) is 126 Å². The van der Waals surface area contributed by atoms with Crippen molar-refractivity contribution in [3.05, 3.63) is 81.9 Å². The third kappa shape index (κ3) is 22.1. The van der Waals surface area contributed by atoms with Gasteiger partial charge in [0.15, 0.2) is 0 Å². The van der Waals surface area contributed by atoms with Crippen molar-refractivity contribution in [1.29, 1.82) is 0 Å². The second-order valence-electron chi connectivity index (χ2n) is 20.6. The zero-order valence-electron chi connectivity index (χ0n) is 48.5. The number of allylic oxidation sites excluding steroid dienone is 1. The number of nitro benzene ring substituents is 1. The molecule has 0 aromatic heterocycles. The average Bonchev–Trinajstić information content (AvgIpc) is 3.53. The van der Waals surface area contributed by atoms with Gasteiger partial charge < -0.3 is 56.7 Å². The molecule has 0 bridgehead atoms. The van der Waals surface area contributed by atoms with E-state index in [1.54, 1.807) is 54.4 Å². The van der Waals surface area contributed by atoms with Crippen LogP contribution < -0.4 is 9.64 Å². The number of halogens is 1. The van der Waals surface area contributed by atoms with E-state index in [4.69, 9.17) is 32.6 Å². The molecule has 430 valence electrons. The molecule has 0 radical (unpaired) electrons. The zero-order chi connectivity index (χ0) is 57.6. The minimum Gasteiger partial charge on any atom is -0.463 e. The zero-order valence-corrected chi connectivity index (χ0v) is 51.8. The molecule has 75 heavy (non-hydrogen) atoms. The van der Waals surface area contributed by atoms with E-state index >= 15 is 0 Å². The number of para-hydroxylation sites is 1. The van der Waals surface area contributed by atoms with Crippen LogP contribution in [0, 0.1) is 15.5 Å². The number of carbonyl (C=O) groups excluding carboxylic acids is 4.